The van der Waals surface area contributed by atoms with E-state index in [0.717, 1.165) is 59.8 Å². The number of aromatic hydroxyl groups is 9. The lowest BCUT2D eigenvalue weighted by atomic mass is 9.82. The van der Waals surface area contributed by atoms with Gasteiger partial charge in [0.25, 0.3) is 0 Å². The molecule has 0 bridgehead atoms. The van der Waals surface area contributed by atoms with E-state index in [1.165, 1.54) is 0 Å². The van der Waals surface area contributed by atoms with Gasteiger partial charge in [0.15, 0.2) is 34.2 Å². The van der Waals surface area contributed by atoms with E-state index in [9.17, 15) is 46.0 Å². The van der Waals surface area contributed by atoms with Crippen molar-refractivity contribution in [3.05, 3.63) is 127 Å². The average molecular weight is 791 g/mol. The van der Waals surface area contributed by atoms with Gasteiger partial charge < -0.3 is 50.4 Å². The molecule has 0 spiro atoms. The summed E-state index contributed by atoms with van der Waals surface area (Å²) in [5.41, 5.74) is 2.56. The monoisotopic (exact) mass is 790 g/mol. The van der Waals surface area contributed by atoms with Crippen molar-refractivity contribution >= 4 is 75.8 Å². The zero-order valence-corrected chi connectivity index (χ0v) is 31.1. The molecule has 1 heterocycles. The summed E-state index contributed by atoms with van der Waals surface area (Å²) in [6, 6.07) is 41.9. The van der Waals surface area contributed by atoms with Crippen LogP contribution in [0.5, 0.6) is 51.7 Å². The van der Waals surface area contributed by atoms with Crippen molar-refractivity contribution in [2.75, 3.05) is 0 Å². The normalized spacial score (nSPS) is 11.9. The Bertz CT molecular complexity index is 3660. The van der Waals surface area contributed by atoms with Gasteiger partial charge in [0.1, 0.15) is 5.75 Å². The van der Waals surface area contributed by atoms with E-state index < -0.39 is 73.7 Å². The Morgan fingerprint density at radius 3 is 1.28 bits per heavy atom. The summed E-state index contributed by atoms with van der Waals surface area (Å²) in [6.07, 6.45) is 0. The molecular weight excluding hydrogens is 761 g/mol. The summed E-state index contributed by atoms with van der Waals surface area (Å²) in [5, 5.41) is 106. The maximum Gasteiger partial charge on any atom is 0.205 e. The van der Waals surface area contributed by atoms with E-state index in [1.807, 2.05) is 78.9 Å². The van der Waals surface area contributed by atoms with E-state index in [0.29, 0.717) is 11.1 Å². The molecular formula is C50H30O10. The van der Waals surface area contributed by atoms with E-state index >= 15 is 0 Å². The molecule has 11 aromatic rings. The summed E-state index contributed by atoms with van der Waals surface area (Å²) in [7, 11) is 0. The van der Waals surface area contributed by atoms with E-state index in [4.69, 9.17) is 4.42 Å². The minimum absolute atomic E-state index is 0.118. The van der Waals surface area contributed by atoms with Gasteiger partial charge in [-0.15, -0.1) is 0 Å². The van der Waals surface area contributed by atoms with Crippen LogP contribution < -0.4 is 0 Å². The van der Waals surface area contributed by atoms with Crippen LogP contribution in [0.3, 0.4) is 0 Å². The Morgan fingerprint density at radius 1 is 0.283 bits per heavy atom. The van der Waals surface area contributed by atoms with Gasteiger partial charge in [-0.05, 0) is 89.1 Å². The van der Waals surface area contributed by atoms with Crippen molar-refractivity contribution in [3.8, 4) is 85.1 Å². The second kappa shape index (κ2) is 12.3. The fourth-order valence-electron chi connectivity index (χ4n) is 9.07. The van der Waals surface area contributed by atoms with Gasteiger partial charge in [0.05, 0.1) is 16.2 Å². The molecule has 0 unspecified atom stereocenters. The molecule has 0 atom stereocenters. The molecule has 0 aliphatic carbocycles. The molecule has 0 amide bonds. The maximum absolute atomic E-state index is 12.1. The average Bonchev–Trinajstić information content (AvgIpc) is 3.68. The number of phenolic OH excluding ortho intramolecular Hbond substituents is 9. The minimum atomic E-state index is -1.17. The lowest BCUT2D eigenvalue weighted by molar-refractivity contribution is 0.349. The van der Waals surface area contributed by atoms with Crippen molar-refractivity contribution in [1.82, 2.24) is 0 Å². The van der Waals surface area contributed by atoms with Gasteiger partial charge in [0.2, 0.25) is 23.0 Å². The molecule has 10 aromatic carbocycles. The molecule has 290 valence electrons. The van der Waals surface area contributed by atoms with Crippen LogP contribution in [0.15, 0.2) is 132 Å². The van der Waals surface area contributed by atoms with Crippen molar-refractivity contribution < 1.29 is 50.4 Å². The predicted octanol–water partition coefficient (Wildman–Crippen LogP) is 11.7. The molecule has 60 heavy (non-hydrogen) atoms. The summed E-state index contributed by atoms with van der Waals surface area (Å²) in [6.45, 7) is 0. The zero-order valence-electron chi connectivity index (χ0n) is 31.1. The van der Waals surface area contributed by atoms with Crippen LogP contribution in [0, 0.1) is 0 Å². The fourth-order valence-corrected chi connectivity index (χ4v) is 9.07. The summed E-state index contributed by atoms with van der Waals surface area (Å²) >= 11 is 0. The third kappa shape index (κ3) is 4.52. The smallest absolute Gasteiger partial charge is 0.205 e. The molecule has 0 aliphatic heterocycles. The van der Waals surface area contributed by atoms with Gasteiger partial charge in [-0.25, -0.2) is 0 Å². The van der Waals surface area contributed by atoms with E-state index in [1.54, 1.807) is 6.07 Å². The van der Waals surface area contributed by atoms with Crippen molar-refractivity contribution in [3.63, 3.8) is 0 Å². The standard InChI is InChI=1S/C50H30O10/c51-40-37-38(43(54)46(57)45(56)42(37)53)44(55)50-39(40)36-35(41(52)47(58)48(59)49(36)60-50)32-21-25-12-4-3-11-24(25)20-31(32)34-29-15-7-5-13-27(29)33(28-14-6-8-16-30(28)34)26-18-17-22-9-1-2-10-23(22)19-26/h1-21,51-59H. The van der Waals surface area contributed by atoms with E-state index in [-0.39, 0.29) is 16.3 Å². The molecule has 1 aromatic heterocycles. The highest BCUT2D eigenvalue weighted by Gasteiger charge is 2.34. The van der Waals surface area contributed by atoms with Crippen LogP contribution in [-0.2, 0) is 0 Å². The third-order valence-electron chi connectivity index (χ3n) is 11.8. The van der Waals surface area contributed by atoms with Crippen LogP contribution in [0.25, 0.3) is 109 Å². The topological polar surface area (TPSA) is 195 Å². The molecule has 0 fully saturated rings. The van der Waals surface area contributed by atoms with Gasteiger partial charge in [0, 0.05) is 10.9 Å². The largest absolute Gasteiger partial charge is 0.506 e. The molecule has 0 saturated heterocycles. The number of fused-ring (bicyclic) bond motifs is 8. The highest BCUT2D eigenvalue weighted by Crippen LogP contribution is 2.62. The summed E-state index contributed by atoms with van der Waals surface area (Å²) in [5.74, 6) is -8.90. The maximum atomic E-state index is 12.1. The molecule has 10 nitrogen and oxygen atoms in total. The Morgan fingerprint density at radius 2 is 0.717 bits per heavy atom. The molecule has 9 N–H and O–H groups in total. The zero-order chi connectivity index (χ0) is 41.3. The second-order valence-electron chi connectivity index (χ2n) is 14.9. The highest BCUT2D eigenvalue weighted by molar-refractivity contribution is 6.29. The quantitative estimate of drug-likeness (QED) is 0.0472. The molecule has 0 aliphatic rings. The predicted molar refractivity (Wildman–Crippen MR) is 233 cm³/mol. The Kier molecular flexibility index (Phi) is 7.09. The highest BCUT2D eigenvalue weighted by atomic mass is 16.4. The van der Waals surface area contributed by atoms with E-state index in [2.05, 4.69) is 42.5 Å². The van der Waals surface area contributed by atoms with Crippen molar-refractivity contribution in [1.29, 1.82) is 0 Å². The summed E-state index contributed by atoms with van der Waals surface area (Å²) in [4.78, 5) is 0. The number of hydrogen-bond donors (Lipinski definition) is 9. The Labute approximate surface area is 337 Å². The third-order valence-corrected chi connectivity index (χ3v) is 11.8. The molecule has 0 saturated carbocycles. The first-order chi connectivity index (χ1) is 29.0. The van der Waals surface area contributed by atoms with Crippen molar-refractivity contribution in [2.24, 2.45) is 0 Å². The number of furan rings is 1. The summed E-state index contributed by atoms with van der Waals surface area (Å²) < 4.78 is 5.97. The number of hydrogen-bond acceptors (Lipinski definition) is 10. The first kappa shape index (κ1) is 34.7. The first-order valence-electron chi connectivity index (χ1n) is 18.9. The second-order valence-corrected chi connectivity index (χ2v) is 14.9. The van der Waals surface area contributed by atoms with Gasteiger partial charge in [-0.1, -0.05) is 109 Å². The van der Waals surface area contributed by atoms with Gasteiger partial charge in [-0.2, -0.15) is 0 Å². The lowest BCUT2D eigenvalue weighted by Gasteiger charge is -2.21. The molecule has 0 radical (unpaired) electrons. The van der Waals surface area contributed by atoms with Crippen LogP contribution in [0.1, 0.15) is 0 Å². The van der Waals surface area contributed by atoms with Crippen LogP contribution in [0.2, 0.25) is 0 Å². The lowest BCUT2D eigenvalue weighted by Crippen LogP contribution is -1.94. The van der Waals surface area contributed by atoms with Crippen LogP contribution in [0.4, 0.5) is 0 Å². The Hall–Kier alpha value is -8.50. The number of rotatable bonds is 3. The molecule has 10 heteroatoms. The first-order valence-corrected chi connectivity index (χ1v) is 18.9. The van der Waals surface area contributed by atoms with Gasteiger partial charge in [-0.3, -0.25) is 0 Å². The van der Waals surface area contributed by atoms with Crippen molar-refractivity contribution in [2.45, 2.75) is 0 Å². The van der Waals surface area contributed by atoms with Crippen LogP contribution >= 0.6 is 0 Å². The SMILES string of the molecule is Oc1c(O)c(-c2cc3ccccc3cc2-c2c3ccccc3c(-c3ccc4ccccc4c3)c3ccccc23)c2c(oc3c(O)c4c(O)c(O)c(O)c(O)c4c(O)c32)c1O. The Balaban J connectivity index is 1.33. The number of benzene rings is 10. The number of phenols is 9. The fraction of sp³-hybridized carbons (Fsp3) is 0. The van der Waals surface area contributed by atoms with Crippen LogP contribution in [-0.4, -0.2) is 46.0 Å². The minimum Gasteiger partial charge on any atom is -0.506 e. The molecule has 11 rings (SSSR count). The van der Waals surface area contributed by atoms with Gasteiger partial charge >= 0.3 is 0 Å².